The molecule has 0 aliphatic heterocycles. The minimum absolute atomic E-state index is 0.0580. The molecule has 1 amide bonds. The van der Waals surface area contributed by atoms with Gasteiger partial charge in [-0.2, -0.15) is 0 Å². The van der Waals surface area contributed by atoms with Crippen LogP contribution in [0.4, 0.5) is 5.69 Å². The summed E-state index contributed by atoms with van der Waals surface area (Å²) in [6, 6.07) is 22.5. The summed E-state index contributed by atoms with van der Waals surface area (Å²) in [5, 5.41) is 2.89. The summed E-state index contributed by atoms with van der Waals surface area (Å²) in [6.45, 7) is 2.52. The van der Waals surface area contributed by atoms with Gasteiger partial charge in [0.1, 0.15) is 5.75 Å². The second-order valence-electron chi connectivity index (χ2n) is 6.85. The third-order valence-corrected chi connectivity index (χ3v) is 6.10. The molecule has 0 radical (unpaired) electrons. The number of carbonyl (C=O) groups excluding carboxylic acids is 1. The molecule has 3 aromatic carbocycles. The third kappa shape index (κ3) is 5.18. The van der Waals surface area contributed by atoms with Gasteiger partial charge in [-0.05, 0) is 47.9 Å². The van der Waals surface area contributed by atoms with Gasteiger partial charge in [-0.3, -0.25) is 9.52 Å². The summed E-state index contributed by atoms with van der Waals surface area (Å²) in [7, 11) is -2.34. The smallest absolute Gasteiger partial charge is 0.262 e. The van der Waals surface area contributed by atoms with Gasteiger partial charge in [0, 0.05) is 12.1 Å². The number of methoxy groups -OCH3 is 1. The molecule has 0 spiro atoms. The maximum absolute atomic E-state index is 12.7. The summed E-state index contributed by atoms with van der Waals surface area (Å²) in [6.07, 6.45) is 0. The fourth-order valence-corrected chi connectivity index (χ4v) is 4.04. The van der Waals surface area contributed by atoms with E-state index in [9.17, 15) is 13.2 Å². The zero-order valence-corrected chi connectivity index (χ0v) is 17.6. The highest BCUT2D eigenvalue weighted by Crippen LogP contribution is 2.26. The van der Waals surface area contributed by atoms with Crippen molar-refractivity contribution in [2.45, 2.75) is 17.7 Å². The number of hydrogen-bond acceptors (Lipinski definition) is 4. The molecule has 0 fully saturated rings. The molecule has 0 bridgehead atoms. The van der Waals surface area contributed by atoms with Crippen molar-refractivity contribution in [2.24, 2.45) is 0 Å². The summed E-state index contributed by atoms with van der Waals surface area (Å²) in [5.41, 5.74) is 1.88. The van der Waals surface area contributed by atoms with Crippen molar-refractivity contribution in [3.63, 3.8) is 0 Å². The Balaban J connectivity index is 1.65. The monoisotopic (exact) mass is 424 g/mol. The van der Waals surface area contributed by atoms with Gasteiger partial charge in [0.05, 0.1) is 17.7 Å². The van der Waals surface area contributed by atoms with Crippen LogP contribution in [-0.2, 0) is 10.0 Å². The van der Waals surface area contributed by atoms with Crippen LogP contribution in [0.2, 0.25) is 0 Å². The molecular weight excluding hydrogens is 400 g/mol. The molecule has 6 nitrogen and oxygen atoms in total. The Kier molecular flexibility index (Phi) is 6.74. The van der Waals surface area contributed by atoms with Crippen molar-refractivity contribution in [3.8, 4) is 5.75 Å². The summed E-state index contributed by atoms with van der Waals surface area (Å²) < 4.78 is 33.0. The average molecular weight is 425 g/mol. The lowest BCUT2D eigenvalue weighted by atomic mass is 10.0. The number of anilines is 1. The van der Waals surface area contributed by atoms with Crippen LogP contribution in [0.3, 0.4) is 0 Å². The van der Waals surface area contributed by atoms with Crippen molar-refractivity contribution in [1.29, 1.82) is 0 Å². The van der Waals surface area contributed by atoms with Crippen molar-refractivity contribution in [2.75, 3.05) is 18.4 Å². The van der Waals surface area contributed by atoms with E-state index in [1.54, 1.807) is 24.3 Å². The maximum atomic E-state index is 12.7. The molecule has 0 heterocycles. The van der Waals surface area contributed by atoms with Crippen molar-refractivity contribution in [1.82, 2.24) is 5.32 Å². The first kappa shape index (κ1) is 21.4. The largest absolute Gasteiger partial charge is 0.495 e. The number of para-hydroxylation sites is 2. The van der Waals surface area contributed by atoms with Gasteiger partial charge in [0.25, 0.3) is 15.9 Å². The standard InChI is InChI=1S/C23H24N2O4S/c1-17(18-8-4-3-5-9-18)16-24-23(26)19-12-14-20(15-13-19)30(27,28)25-21-10-6-7-11-22(21)29-2/h3-15,17,25H,16H2,1-2H3,(H,24,26). The van der Waals surface area contributed by atoms with E-state index in [0.717, 1.165) is 5.56 Å². The second kappa shape index (κ2) is 9.45. The van der Waals surface area contributed by atoms with Crippen LogP contribution in [0.15, 0.2) is 83.8 Å². The molecule has 0 aliphatic rings. The molecule has 0 aliphatic carbocycles. The first-order valence-electron chi connectivity index (χ1n) is 9.50. The number of rotatable bonds is 8. The first-order valence-corrected chi connectivity index (χ1v) is 11.0. The van der Waals surface area contributed by atoms with Crippen LogP contribution >= 0.6 is 0 Å². The van der Waals surface area contributed by atoms with E-state index in [0.29, 0.717) is 23.5 Å². The fourth-order valence-electron chi connectivity index (χ4n) is 2.97. The Bertz CT molecular complexity index is 1100. The van der Waals surface area contributed by atoms with E-state index in [4.69, 9.17) is 4.74 Å². The van der Waals surface area contributed by atoms with Gasteiger partial charge in [-0.15, -0.1) is 0 Å². The lowest BCUT2D eigenvalue weighted by Gasteiger charge is -2.14. The highest BCUT2D eigenvalue weighted by atomic mass is 32.2. The van der Waals surface area contributed by atoms with E-state index in [-0.39, 0.29) is 16.7 Å². The molecule has 30 heavy (non-hydrogen) atoms. The topological polar surface area (TPSA) is 84.5 Å². The highest BCUT2D eigenvalue weighted by Gasteiger charge is 2.17. The van der Waals surface area contributed by atoms with Gasteiger partial charge < -0.3 is 10.1 Å². The van der Waals surface area contributed by atoms with Crippen LogP contribution < -0.4 is 14.8 Å². The lowest BCUT2D eigenvalue weighted by Crippen LogP contribution is -2.27. The average Bonchev–Trinajstić information content (AvgIpc) is 2.78. The third-order valence-electron chi connectivity index (χ3n) is 4.72. The van der Waals surface area contributed by atoms with E-state index in [1.807, 2.05) is 37.3 Å². The van der Waals surface area contributed by atoms with E-state index in [2.05, 4.69) is 10.0 Å². The van der Waals surface area contributed by atoms with Crippen LogP contribution in [-0.4, -0.2) is 28.0 Å². The van der Waals surface area contributed by atoms with Crippen LogP contribution in [0.5, 0.6) is 5.75 Å². The Hall–Kier alpha value is -3.32. The molecule has 7 heteroatoms. The molecular formula is C23H24N2O4S. The molecule has 1 atom stereocenters. The highest BCUT2D eigenvalue weighted by molar-refractivity contribution is 7.92. The van der Waals surface area contributed by atoms with Gasteiger partial charge in [0.15, 0.2) is 0 Å². The number of benzene rings is 3. The summed E-state index contributed by atoms with van der Waals surface area (Å²) in [5.74, 6) is 0.337. The first-order chi connectivity index (χ1) is 14.4. The summed E-state index contributed by atoms with van der Waals surface area (Å²) in [4.78, 5) is 12.5. The number of amides is 1. The van der Waals surface area contributed by atoms with E-state index >= 15 is 0 Å². The van der Waals surface area contributed by atoms with E-state index < -0.39 is 10.0 Å². The Labute approximate surface area is 177 Å². The van der Waals surface area contributed by atoms with Gasteiger partial charge >= 0.3 is 0 Å². The summed E-state index contributed by atoms with van der Waals surface area (Å²) >= 11 is 0. The maximum Gasteiger partial charge on any atom is 0.262 e. The van der Waals surface area contributed by atoms with Gasteiger partial charge in [-0.25, -0.2) is 8.42 Å². The second-order valence-corrected chi connectivity index (χ2v) is 8.53. The minimum atomic E-state index is -3.81. The van der Waals surface area contributed by atoms with E-state index in [1.165, 1.54) is 31.4 Å². The zero-order valence-electron chi connectivity index (χ0n) is 16.8. The van der Waals surface area contributed by atoms with Gasteiger partial charge in [0.2, 0.25) is 0 Å². The SMILES string of the molecule is COc1ccccc1NS(=O)(=O)c1ccc(C(=O)NCC(C)c2ccccc2)cc1. The predicted octanol–water partition coefficient (Wildman–Crippen LogP) is 4.03. The number of ether oxygens (including phenoxy) is 1. The Morgan fingerprint density at radius 2 is 1.57 bits per heavy atom. The number of hydrogen-bond donors (Lipinski definition) is 2. The van der Waals surface area contributed by atoms with Crippen molar-refractivity contribution < 1.29 is 17.9 Å². The molecule has 3 aromatic rings. The lowest BCUT2D eigenvalue weighted by molar-refractivity contribution is 0.0951. The predicted molar refractivity (Wildman–Crippen MR) is 117 cm³/mol. The van der Waals surface area contributed by atoms with Crippen LogP contribution in [0.25, 0.3) is 0 Å². The Morgan fingerprint density at radius 1 is 0.933 bits per heavy atom. The molecule has 156 valence electrons. The van der Waals surface area contributed by atoms with Crippen LogP contribution in [0, 0.1) is 0 Å². The van der Waals surface area contributed by atoms with Gasteiger partial charge in [-0.1, -0.05) is 49.4 Å². The molecule has 0 saturated carbocycles. The molecule has 0 saturated heterocycles. The number of sulfonamides is 1. The van der Waals surface area contributed by atoms with Crippen LogP contribution in [0.1, 0.15) is 28.8 Å². The minimum Gasteiger partial charge on any atom is -0.495 e. The van der Waals surface area contributed by atoms with Crippen molar-refractivity contribution >= 4 is 21.6 Å². The molecule has 1 unspecified atom stereocenters. The molecule has 3 rings (SSSR count). The normalized spacial score (nSPS) is 12.1. The van der Waals surface area contributed by atoms with Crippen molar-refractivity contribution in [3.05, 3.63) is 90.0 Å². The Morgan fingerprint density at radius 3 is 2.23 bits per heavy atom. The quantitative estimate of drug-likeness (QED) is 0.572. The fraction of sp³-hybridized carbons (Fsp3) is 0.174. The molecule has 0 aromatic heterocycles. The number of nitrogens with one attached hydrogen (secondary N) is 2. The number of carbonyl (C=O) groups is 1. The molecule has 2 N–H and O–H groups in total. The zero-order chi connectivity index (χ0) is 21.6.